The number of non-ortho nitro benzene ring substituents is 1. The third-order valence-corrected chi connectivity index (χ3v) is 5.23. The quantitative estimate of drug-likeness (QED) is 0.346. The maximum Gasteiger partial charge on any atom is 0.339 e. The van der Waals surface area contributed by atoms with Gasteiger partial charge >= 0.3 is 10.1 Å². The average molecular weight is 428 g/mol. The van der Waals surface area contributed by atoms with Gasteiger partial charge in [0.1, 0.15) is 16.4 Å². The fourth-order valence-corrected chi connectivity index (χ4v) is 3.42. The van der Waals surface area contributed by atoms with E-state index in [1.54, 1.807) is 24.3 Å². The number of anilines is 1. The van der Waals surface area contributed by atoms with Crippen LogP contribution in [0.1, 0.15) is 10.4 Å². The normalized spacial score (nSPS) is 10.8. The largest absolute Gasteiger partial charge is 0.497 e. The fraction of sp³-hybridized carbons (Fsp3) is 0.0500. The Hall–Kier alpha value is -3.92. The summed E-state index contributed by atoms with van der Waals surface area (Å²) in [5, 5.41) is 13.5. The molecule has 0 aliphatic rings. The Morgan fingerprint density at radius 1 is 0.967 bits per heavy atom. The van der Waals surface area contributed by atoms with Crippen molar-refractivity contribution in [1.82, 2.24) is 0 Å². The van der Waals surface area contributed by atoms with Crippen LogP contribution in [0.3, 0.4) is 0 Å². The Kier molecular flexibility index (Phi) is 5.98. The number of benzene rings is 3. The van der Waals surface area contributed by atoms with Crippen molar-refractivity contribution >= 4 is 27.4 Å². The molecule has 0 heterocycles. The predicted octanol–water partition coefficient (Wildman–Crippen LogP) is 3.62. The van der Waals surface area contributed by atoms with Gasteiger partial charge in [-0.2, -0.15) is 8.42 Å². The third kappa shape index (κ3) is 4.92. The van der Waals surface area contributed by atoms with Gasteiger partial charge in [-0.15, -0.1) is 0 Å². The van der Waals surface area contributed by atoms with Crippen molar-refractivity contribution in [2.45, 2.75) is 4.90 Å². The summed E-state index contributed by atoms with van der Waals surface area (Å²) in [5.41, 5.74) is 0.454. The SMILES string of the molecule is COc1cccc(C(=O)Nc2ccc(S(=O)(=O)Oc3cccc([N+](=O)[O-])c3)cc2)c1. The van der Waals surface area contributed by atoms with Crippen LogP contribution >= 0.6 is 0 Å². The molecule has 154 valence electrons. The average Bonchev–Trinajstić information content (AvgIpc) is 2.74. The Bertz CT molecular complexity index is 1190. The number of ether oxygens (including phenoxy) is 1. The summed E-state index contributed by atoms with van der Waals surface area (Å²) < 4.78 is 34.9. The molecular weight excluding hydrogens is 412 g/mol. The van der Waals surface area contributed by atoms with Gasteiger partial charge in [-0.3, -0.25) is 14.9 Å². The minimum absolute atomic E-state index is 0.173. The summed E-state index contributed by atoms with van der Waals surface area (Å²) in [5.74, 6) is -0.0423. The second-order valence-electron chi connectivity index (χ2n) is 6.00. The van der Waals surface area contributed by atoms with E-state index in [4.69, 9.17) is 8.92 Å². The molecule has 0 radical (unpaired) electrons. The molecule has 0 spiro atoms. The number of nitrogens with one attached hydrogen (secondary N) is 1. The van der Waals surface area contributed by atoms with E-state index in [2.05, 4.69) is 5.32 Å². The zero-order valence-electron chi connectivity index (χ0n) is 15.6. The van der Waals surface area contributed by atoms with Crippen LogP contribution in [0.15, 0.2) is 77.7 Å². The number of hydrogen-bond donors (Lipinski definition) is 1. The molecule has 3 aromatic carbocycles. The van der Waals surface area contributed by atoms with Gasteiger partial charge in [0.2, 0.25) is 0 Å². The highest BCUT2D eigenvalue weighted by Crippen LogP contribution is 2.24. The number of nitrogens with zero attached hydrogens (tertiary/aromatic N) is 1. The minimum atomic E-state index is -4.21. The summed E-state index contributed by atoms with van der Waals surface area (Å²) in [6.07, 6.45) is 0. The van der Waals surface area contributed by atoms with Crippen LogP contribution in [-0.4, -0.2) is 26.4 Å². The van der Waals surface area contributed by atoms with Crippen LogP contribution in [0.25, 0.3) is 0 Å². The molecule has 3 aromatic rings. The first-order valence-electron chi connectivity index (χ1n) is 8.53. The number of hydrogen-bond acceptors (Lipinski definition) is 7. The van der Waals surface area contributed by atoms with Crippen LogP contribution in [0.2, 0.25) is 0 Å². The molecule has 1 amide bonds. The maximum atomic E-state index is 12.4. The zero-order chi connectivity index (χ0) is 21.7. The van der Waals surface area contributed by atoms with Crippen LogP contribution in [0.5, 0.6) is 11.5 Å². The first kappa shape index (κ1) is 20.8. The van der Waals surface area contributed by atoms with Crippen LogP contribution in [-0.2, 0) is 10.1 Å². The Balaban J connectivity index is 1.73. The van der Waals surface area contributed by atoms with Crippen LogP contribution in [0.4, 0.5) is 11.4 Å². The molecule has 0 saturated carbocycles. The number of amides is 1. The van der Waals surface area contributed by atoms with Gasteiger partial charge in [-0.25, -0.2) is 0 Å². The molecule has 9 nitrogen and oxygen atoms in total. The zero-order valence-corrected chi connectivity index (χ0v) is 16.5. The van der Waals surface area contributed by atoms with Crippen molar-refractivity contribution in [3.8, 4) is 11.5 Å². The number of nitro groups is 1. The summed E-state index contributed by atoms with van der Waals surface area (Å²) in [4.78, 5) is 22.3. The molecule has 0 aromatic heterocycles. The van der Waals surface area contributed by atoms with E-state index in [1.807, 2.05) is 0 Å². The number of carbonyl (C=O) groups is 1. The van der Waals surface area contributed by atoms with Crippen molar-refractivity contribution < 1.29 is 27.1 Å². The first-order valence-corrected chi connectivity index (χ1v) is 9.94. The van der Waals surface area contributed by atoms with E-state index < -0.39 is 20.9 Å². The predicted molar refractivity (Wildman–Crippen MR) is 108 cm³/mol. The highest BCUT2D eigenvalue weighted by Gasteiger charge is 2.18. The Morgan fingerprint density at radius 2 is 1.63 bits per heavy atom. The van der Waals surface area contributed by atoms with E-state index in [0.717, 1.165) is 6.07 Å². The Morgan fingerprint density at radius 3 is 2.30 bits per heavy atom. The minimum Gasteiger partial charge on any atom is -0.497 e. The molecule has 0 bridgehead atoms. The summed E-state index contributed by atoms with van der Waals surface area (Å²) in [7, 11) is -2.72. The summed E-state index contributed by atoms with van der Waals surface area (Å²) in [6, 6.07) is 16.7. The van der Waals surface area contributed by atoms with E-state index >= 15 is 0 Å². The molecule has 0 atom stereocenters. The van der Waals surface area contributed by atoms with Crippen molar-refractivity contribution in [2.24, 2.45) is 0 Å². The standard InChI is InChI=1S/C20H16N2O7S/c1-28-17-6-2-4-14(12-17)20(23)21-15-8-10-19(11-9-15)30(26,27)29-18-7-3-5-16(13-18)22(24)25/h2-13H,1H3,(H,21,23). The lowest BCUT2D eigenvalue weighted by Crippen LogP contribution is -2.13. The highest BCUT2D eigenvalue weighted by atomic mass is 32.2. The lowest BCUT2D eigenvalue weighted by atomic mass is 10.2. The van der Waals surface area contributed by atoms with Crippen molar-refractivity contribution in [3.05, 3.63) is 88.5 Å². The monoisotopic (exact) mass is 428 g/mol. The van der Waals surface area contributed by atoms with Gasteiger partial charge < -0.3 is 14.2 Å². The number of rotatable bonds is 7. The number of carbonyl (C=O) groups excluding carboxylic acids is 1. The highest BCUT2D eigenvalue weighted by molar-refractivity contribution is 7.87. The molecule has 0 aliphatic heterocycles. The van der Waals surface area contributed by atoms with Gasteiger partial charge in [-0.05, 0) is 48.5 Å². The maximum absolute atomic E-state index is 12.4. The second-order valence-corrected chi connectivity index (χ2v) is 7.55. The van der Waals surface area contributed by atoms with E-state index in [1.165, 1.54) is 49.6 Å². The Labute approximate surface area is 172 Å². The van der Waals surface area contributed by atoms with Gasteiger partial charge in [0.25, 0.3) is 11.6 Å². The molecule has 0 unspecified atom stereocenters. The lowest BCUT2D eigenvalue weighted by molar-refractivity contribution is -0.384. The first-order chi connectivity index (χ1) is 14.3. The van der Waals surface area contributed by atoms with E-state index in [9.17, 15) is 23.3 Å². The third-order valence-electron chi connectivity index (χ3n) is 3.97. The van der Waals surface area contributed by atoms with Gasteiger partial charge in [0, 0.05) is 17.3 Å². The smallest absolute Gasteiger partial charge is 0.339 e. The van der Waals surface area contributed by atoms with Gasteiger partial charge in [0.05, 0.1) is 18.1 Å². The van der Waals surface area contributed by atoms with Crippen LogP contribution < -0.4 is 14.2 Å². The van der Waals surface area contributed by atoms with Crippen molar-refractivity contribution in [2.75, 3.05) is 12.4 Å². The van der Waals surface area contributed by atoms with Gasteiger partial charge in [0.15, 0.2) is 0 Å². The van der Waals surface area contributed by atoms with Crippen LogP contribution in [0, 0.1) is 10.1 Å². The lowest BCUT2D eigenvalue weighted by Gasteiger charge is -2.09. The van der Waals surface area contributed by atoms with E-state index in [0.29, 0.717) is 17.0 Å². The summed E-state index contributed by atoms with van der Waals surface area (Å²) >= 11 is 0. The fourth-order valence-electron chi connectivity index (χ4n) is 2.50. The topological polar surface area (TPSA) is 125 Å². The van der Waals surface area contributed by atoms with Gasteiger partial charge in [-0.1, -0.05) is 12.1 Å². The molecular formula is C20H16N2O7S. The molecule has 0 saturated heterocycles. The second kappa shape index (κ2) is 8.62. The molecule has 10 heteroatoms. The molecule has 0 fully saturated rings. The molecule has 3 rings (SSSR count). The van der Waals surface area contributed by atoms with Crippen molar-refractivity contribution in [1.29, 1.82) is 0 Å². The molecule has 0 aliphatic carbocycles. The molecule has 1 N–H and O–H groups in total. The summed E-state index contributed by atoms with van der Waals surface area (Å²) in [6.45, 7) is 0. The number of methoxy groups -OCH3 is 1. The number of nitro benzene ring substituents is 1. The van der Waals surface area contributed by atoms with E-state index in [-0.39, 0.29) is 16.3 Å². The molecule has 30 heavy (non-hydrogen) atoms. The van der Waals surface area contributed by atoms with Crippen molar-refractivity contribution in [3.63, 3.8) is 0 Å².